The summed E-state index contributed by atoms with van der Waals surface area (Å²) in [6, 6.07) is 7.70. The molecular weight excluding hydrogens is 256 g/mol. The quantitative estimate of drug-likeness (QED) is 0.709. The van der Waals surface area contributed by atoms with E-state index in [1.165, 1.54) is 0 Å². The molecule has 0 bridgehead atoms. The zero-order valence-electron chi connectivity index (χ0n) is 12.3. The van der Waals surface area contributed by atoms with Gasteiger partial charge in [-0.1, -0.05) is 12.1 Å². The molecule has 1 aromatic rings. The van der Waals surface area contributed by atoms with Crippen molar-refractivity contribution in [3.63, 3.8) is 0 Å². The maximum atomic E-state index is 11.4. The Balaban J connectivity index is 2.29. The highest BCUT2D eigenvalue weighted by atomic mass is 16.5. The van der Waals surface area contributed by atoms with Gasteiger partial charge in [-0.25, -0.2) is 0 Å². The van der Waals surface area contributed by atoms with Crippen molar-refractivity contribution in [2.75, 3.05) is 33.9 Å². The number of hydrogen-bond acceptors (Lipinski definition) is 4. The van der Waals surface area contributed by atoms with Crippen molar-refractivity contribution in [2.24, 2.45) is 0 Å². The highest BCUT2D eigenvalue weighted by Crippen LogP contribution is 2.12. The topological polar surface area (TPSA) is 61.8 Å². The molecule has 0 radical (unpaired) electrons. The molecule has 20 heavy (non-hydrogen) atoms. The summed E-state index contributed by atoms with van der Waals surface area (Å²) in [6.45, 7) is 2.08. The van der Waals surface area contributed by atoms with Crippen molar-refractivity contribution in [1.82, 2.24) is 10.2 Å². The third-order valence-electron chi connectivity index (χ3n) is 2.78. The molecular formula is C15H24N2O3. The normalized spacial score (nSPS) is 10.6. The Bertz CT molecular complexity index is 391. The average molecular weight is 280 g/mol. The number of ether oxygens (including phenoxy) is 1. The molecule has 1 aromatic carbocycles. The first-order chi connectivity index (χ1) is 9.61. The van der Waals surface area contributed by atoms with E-state index in [2.05, 4.69) is 10.2 Å². The molecule has 1 rings (SSSR count). The number of nitrogens with zero attached hydrogens (tertiary/aromatic N) is 1. The van der Waals surface area contributed by atoms with Crippen LogP contribution in [0.1, 0.15) is 18.4 Å². The largest absolute Gasteiger partial charge is 0.492 e. The van der Waals surface area contributed by atoms with Crippen LogP contribution in [0.4, 0.5) is 0 Å². The number of aliphatic hydroxyl groups is 1. The number of carbonyl (C=O) groups is 1. The van der Waals surface area contributed by atoms with Crippen LogP contribution in [0.15, 0.2) is 24.3 Å². The Hall–Kier alpha value is -1.59. The van der Waals surface area contributed by atoms with E-state index in [1.807, 2.05) is 38.4 Å². The van der Waals surface area contributed by atoms with Crippen LogP contribution < -0.4 is 10.1 Å². The van der Waals surface area contributed by atoms with Gasteiger partial charge in [-0.2, -0.15) is 0 Å². The average Bonchev–Trinajstić information content (AvgIpc) is 2.44. The van der Waals surface area contributed by atoms with Crippen molar-refractivity contribution >= 4 is 5.91 Å². The van der Waals surface area contributed by atoms with Crippen LogP contribution in [0.3, 0.4) is 0 Å². The second kappa shape index (κ2) is 9.34. The van der Waals surface area contributed by atoms with Gasteiger partial charge in [-0.15, -0.1) is 0 Å². The Labute approximate surface area is 120 Å². The fraction of sp³-hybridized carbons (Fsp3) is 0.533. The molecule has 0 saturated heterocycles. The monoisotopic (exact) mass is 280 g/mol. The molecule has 0 atom stereocenters. The lowest BCUT2D eigenvalue weighted by Gasteiger charge is -2.11. The van der Waals surface area contributed by atoms with E-state index in [4.69, 9.17) is 9.84 Å². The summed E-state index contributed by atoms with van der Waals surface area (Å²) in [7, 11) is 4.01. The standard InChI is InChI=1S/C15H24N2O3/c1-17(2)9-11-20-14-7-5-13(6-8-14)12-16-15(19)4-3-10-18/h5-8,18H,3-4,9-12H2,1-2H3,(H,16,19). The predicted octanol–water partition coefficient (Wildman–Crippen LogP) is 1.02. The van der Waals surface area contributed by atoms with Gasteiger partial charge in [-0.3, -0.25) is 4.79 Å². The summed E-state index contributed by atoms with van der Waals surface area (Å²) in [5, 5.41) is 11.5. The molecule has 1 amide bonds. The Kier molecular flexibility index (Phi) is 7.69. The van der Waals surface area contributed by atoms with Crippen molar-refractivity contribution < 1.29 is 14.6 Å². The smallest absolute Gasteiger partial charge is 0.220 e. The molecule has 0 aliphatic carbocycles. The van der Waals surface area contributed by atoms with Gasteiger partial charge in [0.05, 0.1) is 0 Å². The highest BCUT2D eigenvalue weighted by molar-refractivity contribution is 5.75. The third kappa shape index (κ3) is 7.11. The van der Waals surface area contributed by atoms with Crippen molar-refractivity contribution in [1.29, 1.82) is 0 Å². The Morgan fingerprint density at radius 1 is 1.30 bits per heavy atom. The van der Waals surface area contributed by atoms with Gasteiger partial charge in [0.2, 0.25) is 5.91 Å². The predicted molar refractivity (Wildman–Crippen MR) is 78.7 cm³/mol. The second-order valence-corrected chi connectivity index (χ2v) is 4.90. The molecule has 0 heterocycles. The van der Waals surface area contributed by atoms with Gasteiger partial charge in [0.15, 0.2) is 0 Å². The number of rotatable bonds is 9. The maximum absolute atomic E-state index is 11.4. The molecule has 2 N–H and O–H groups in total. The molecule has 112 valence electrons. The molecule has 0 saturated carbocycles. The number of hydrogen-bond donors (Lipinski definition) is 2. The minimum absolute atomic E-state index is 0.0367. The Morgan fingerprint density at radius 2 is 2.00 bits per heavy atom. The van der Waals surface area contributed by atoms with Crippen LogP contribution in [0.25, 0.3) is 0 Å². The van der Waals surface area contributed by atoms with E-state index in [0.717, 1.165) is 17.9 Å². The SMILES string of the molecule is CN(C)CCOc1ccc(CNC(=O)CCCO)cc1. The van der Waals surface area contributed by atoms with E-state index >= 15 is 0 Å². The van der Waals surface area contributed by atoms with Gasteiger partial charge >= 0.3 is 0 Å². The summed E-state index contributed by atoms with van der Waals surface area (Å²) in [5.41, 5.74) is 1.03. The highest BCUT2D eigenvalue weighted by Gasteiger charge is 2.01. The summed E-state index contributed by atoms with van der Waals surface area (Å²) in [6.07, 6.45) is 0.868. The molecule has 0 fully saturated rings. The summed E-state index contributed by atoms with van der Waals surface area (Å²) < 4.78 is 5.59. The first kappa shape index (κ1) is 16.5. The number of likely N-dealkylation sites (N-methyl/N-ethyl adjacent to an activating group) is 1. The second-order valence-electron chi connectivity index (χ2n) is 4.90. The van der Waals surface area contributed by atoms with Crippen LogP contribution in [-0.2, 0) is 11.3 Å². The molecule has 0 unspecified atom stereocenters. The molecule has 5 nitrogen and oxygen atoms in total. The number of aliphatic hydroxyl groups excluding tert-OH is 1. The lowest BCUT2D eigenvalue weighted by Crippen LogP contribution is -2.22. The lowest BCUT2D eigenvalue weighted by atomic mass is 10.2. The molecule has 5 heteroatoms. The number of nitrogens with one attached hydrogen (secondary N) is 1. The van der Waals surface area contributed by atoms with Crippen LogP contribution in [-0.4, -0.2) is 49.8 Å². The van der Waals surface area contributed by atoms with Crippen molar-refractivity contribution in [3.05, 3.63) is 29.8 Å². The molecule has 0 spiro atoms. The van der Waals surface area contributed by atoms with E-state index in [-0.39, 0.29) is 12.5 Å². The summed E-state index contributed by atoms with van der Waals surface area (Å²) in [5.74, 6) is 0.799. The van der Waals surface area contributed by atoms with E-state index in [0.29, 0.717) is 26.0 Å². The van der Waals surface area contributed by atoms with Gasteiger partial charge in [0.25, 0.3) is 0 Å². The van der Waals surface area contributed by atoms with Crippen LogP contribution in [0.2, 0.25) is 0 Å². The van der Waals surface area contributed by atoms with Crippen LogP contribution >= 0.6 is 0 Å². The first-order valence-electron chi connectivity index (χ1n) is 6.86. The molecule has 0 aromatic heterocycles. The number of amides is 1. The number of benzene rings is 1. The third-order valence-corrected chi connectivity index (χ3v) is 2.78. The minimum Gasteiger partial charge on any atom is -0.492 e. The first-order valence-corrected chi connectivity index (χ1v) is 6.86. The summed E-state index contributed by atoms with van der Waals surface area (Å²) >= 11 is 0. The maximum Gasteiger partial charge on any atom is 0.220 e. The molecule has 0 aliphatic heterocycles. The van der Waals surface area contributed by atoms with E-state index in [1.54, 1.807) is 0 Å². The fourth-order valence-corrected chi connectivity index (χ4v) is 1.58. The zero-order chi connectivity index (χ0) is 14.8. The minimum atomic E-state index is -0.0367. The van der Waals surface area contributed by atoms with E-state index in [9.17, 15) is 4.79 Å². The molecule has 0 aliphatic rings. The Morgan fingerprint density at radius 3 is 2.60 bits per heavy atom. The van der Waals surface area contributed by atoms with E-state index < -0.39 is 0 Å². The van der Waals surface area contributed by atoms with Crippen LogP contribution in [0, 0.1) is 0 Å². The fourth-order valence-electron chi connectivity index (χ4n) is 1.58. The zero-order valence-corrected chi connectivity index (χ0v) is 12.3. The lowest BCUT2D eigenvalue weighted by molar-refractivity contribution is -0.121. The number of carbonyl (C=O) groups excluding carboxylic acids is 1. The van der Waals surface area contributed by atoms with Crippen molar-refractivity contribution in [2.45, 2.75) is 19.4 Å². The van der Waals surface area contributed by atoms with Gasteiger partial charge < -0.3 is 20.1 Å². The van der Waals surface area contributed by atoms with Gasteiger partial charge in [-0.05, 0) is 38.2 Å². The summed E-state index contributed by atoms with van der Waals surface area (Å²) in [4.78, 5) is 13.5. The van der Waals surface area contributed by atoms with Gasteiger partial charge in [0, 0.05) is 26.1 Å². The van der Waals surface area contributed by atoms with Gasteiger partial charge in [0.1, 0.15) is 12.4 Å². The van der Waals surface area contributed by atoms with Crippen LogP contribution in [0.5, 0.6) is 5.75 Å². The van der Waals surface area contributed by atoms with Crippen molar-refractivity contribution in [3.8, 4) is 5.75 Å².